The smallest absolute Gasteiger partial charge is 0.318 e. The number of carbonyl (C=O) groups excluding carboxylic acids is 1. The van der Waals surface area contributed by atoms with E-state index in [-0.39, 0.29) is 17.5 Å². The number of thiazole rings is 1. The molecular weight excluding hydrogens is 358 g/mol. The lowest BCUT2D eigenvalue weighted by Gasteiger charge is -2.25. The van der Waals surface area contributed by atoms with E-state index in [1.807, 2.05) is 29.3 Å². The molecule has 2 aromatic rings. The Kier molecular flexibility index (Phi) is 6.05. The molecule has 0 bridgehead atoms. The van der Waals surface area contributed by atoms with Gasteiger partial charge in [0.1, 0.15) is 5.75 Å². The average Bonchev–Trinajstić information content (AvgIpc) is 3.30. The van der Waals surface area contributed by atoms with Crippen LogP contribution >= 0.6 is 11.3 Å². The zero-order chi connectivity index (χ0) is 19.4. The Labute approximate surface area is 165 Å². The topological polar surface area (TPSA) is 54.5 Å². The molecule has 1 saturated heterocycles. The fourth-order valence-corrected chi connectivity index (χ4v) is 4.22. The Morgan fingerprint density at radius 2 is 2.07 bits per heavy atom. The van der Waals surface area contributed by atoms with Gasteiger partial charge in [-0.1, -0.05) is 32.9 Å². The van der Waals surface area contributed by atoms with E-state index in [4.69, 9.17) is 4.74 Å². The fourth-order valence-electron chi connectivity index (χ4n) is 3.31. The van der Waals surface area contributed by atoms with E-state index in [2.05, 4.69) is 43.2 Å². The van der Waals surface area contributed by atoms with Gasteiger partial charge in [0, 0.05) is 17.3 Å². The number of nitrogens with zero attached hydrogens (tertiary/aromatic N) is 2. The molecule has 1 aliphatic rings. The van der Waals surface area contributed by atoms with Crippen LogP contribution in [0.1, 0.15) is 62.8 Å². The van der Waals surface area contributed by atoms with Crippen molar-refractivity contribution in [1.29, 1.82) is 0 Å². The van der Waals surface area contributed by atoms with Crippen LogP contribution < -0.4 is 10.1 Å². The standard InChI is InChI=1S/C21H29N3O2S/c1-5-26-17-10-8-15(9-11-17)18-7-6-12-24(18)20(25)22-13-16-14-27-19(23-16)21(2,3)4/h8-11,14,18H,5-7,12-13H2,1-4H3,(H,22,25). The van der Waals surface area contributed by atoms with Gasteiger partial charge in [0.2, 0.25) is 0 Å². The second-order valence-corrected chi connectivity index (χ2v) is 8.76. The number of hydrogen-bond donors (Lipinski definition) is 1. The van der Waals surface area contributed by atoms with Gasteiger partial charge in [-0.3, -0.25) is 0 Å². The first-order valence-electron chi connectivity index (χ1n) is 9.60. The third kappa shape index (κ3) is 4.80. The number of aromatic nitrogens is 1. The molecule has 5 nitrogen and oxygen atoms in total. The SMILES string of the molecule is CCOc1ccc(C2CCCN2C(=O)NCc2csc(C(C)(C)C)n2)cc1. The third-order valence-electron chi connectivity index (χ3n) is 4.70. The lowest BCUT2D eigenvalue weighted by atomic mass is 9.98. The largest absolute Gasteiger partial charge is 0.494 e. The van der Waals surface area contributed by atoms with Gasteiger partial charge in [-0.2, -0.15) is 0 Å². The van der Waals surface area contributed by atoms with Crippen molar-refractivity contribution in [2.75, 3.05) is 13.2 Å². The molecule has 0 aliphatic carbocycles. The van der Waals surface area contributed by atoms with Gasteiger partial charge in [-0.25, -0.2) is 9.78 Å². The van der Waals surface area contributed by atoms with Gasteiger partial charge in [-0.15, -0.1) is 11.3 Å². The molecule has 1 fully saturated rings. The zero-order valence-electron chi connectivity index (χ0n) is 16.6. The summed E-state index contributed by atoms with van der Waals surface area (Å²) in [6.45, 7) is 10.3. The second-order valence-electron chi connectivity index (χ2n) is 7.91. The van der Waals surface area contributed by atoms with E-state index in [9.17, 15) is 4.79 Å². The van der Waals surface area contributed by atoms with Crippen molar-refractivity contribution in [2.24, 2.45) is 0 Å². The molecule has 146 valence electrons. The number of benzene rings is 1. The predicted molar refractivity (Wildman–Crippen MR) is 109 cm³/mol. The maximum Gasteiger partial charge on any atom is 0.318 e. The summed E-state index contributed by atoms with van der Waals surface area (Å²) in [6, 6.07) is 8.21. The summed E-state index contributed by atoms with van der Waals surface area (Å²) in [7, 11) is 0. The molecule has 0 radical (unpaired) electrons. The first-order valence-corrected chi connectivity index (χ1v) is 10.5. The van der Waals surface area contributed by atoms with E-state index >= 15 is 0 Å². The summed E-state index contributed by atoms with van der Waals surface area (Å²) in [4.78, 5) is 19.3. The molecule has 3 rings (SSSR count). The highest BCUT2D eigenvalue weighted by Gasteiger charge is 2.30. The molecule has 1 unspecified atom stereocenters. The molecule has 27 heavy (non-hydrogen) atoms. The second kappa shape index (κ2) is 8.30. The number of carbonyl (C=O) groups is 1. The van der Waals surface area contributed by atoms with Gasteiger partial charge in [0.05, 0.1) is 29.9 Å². The maximum absolute atomic E-state index is 12.7. The Morgan fingerprint density at radius 3 is 2.70 bits per heavy atom. The number of hydrogen-bond acceptors (Lipinski definition) is 4. The minimum Gasteiger partial charge on any atom is -0.494 e. The maximum atomic E-state index is 12.7. The Hall–Kier alpha value is -2.08. The molecule has 1 atom stereocenters. The Morgan fingerprint density at radius 1 is 1.33 bits per heavy atom. The van der Waals surface area contributed by atoms with Gasteiger partial charge in [0.15, 0.2) is 0 Å². The number of urea groups is 1. The van der Waals surface area contributed by atoms with Crippen molar-refractivity contribution < 1.29 is 9.53 Å². The molecule has 6 heteroatoms. The summed E-state index contributed by atoms with van der Waals surface area (Å²) in [5, 5.41) is 6.18. The molecule has 1 aliphatic heterocycles. The molecule has 1 aromatic heterocycles. The van der Waals surface area contributed by atoms with Gasteiger partial charge < -0.3 is 15.0 Å². The molecule has 0 spiro atoms. The van der Waals surface area contributed by atoms with Crippen LogP contribution in [0.2, 0.25) is 0 Å². The number of rotatable bonds is 5. The minimum atomic E-state index is -0.0170. The Bertz CT molecular complexity index is 764. The van der Waals surface area contributed by atoms with Crippen LogP contribution in [0.5, 0.6) is 5.75 Å². The van der Waals surface area contributed by atoms with Crippen molar-refractivity contribution in [3.05, 3.63) is 45.9 Å². The molecule has 1 N–H and O–H groups in total. The summed E-state index contributed by atoms with van der Waals surface area (Å²) < 4.78 is 5.51. The van der Waals surface area contributed by atoms with Crippen molar-refractivity contribution >= 4 is 17.4 Å². The molecule has 2 amide bonds. The van der Waals surface area contributed by atoms with Crippen molar-refractivity contribution in [1.82, 2.24) is 15.2 Å². The van der Waals surface area contributed by atoms with Gasteiger partial charge in [0.25, 0.3) is 0 Å². The van der Waals surface area contributed by atoms with Crippen LogP contribution in [0.4, 0.5) is 4.79 Å². The first kappa shape index (κ1) is 19.7. The number of ether oxygens (including phenoxy) is 1. The van der Waals surface area contributed by atoms with Gasteiger partial charge >= 0.3 is 6.03 Å². The highest BCUT2D eigenvalue weighted by Crippen LogP contribution is 2.33. The van der Waals surface area contributed by atoms with Crippen molar-refractivity contribution in [3.8, 4) is 5.75 Å². The quantitative estimate of drug-likeness (QED) is 0.795. The monoisotopic (exact) mass is 387 g/mol. The van der Waals surface area contributed by atoms with Crippen LogP contribution in [0.3, 0.4) is 0 Å². The third-order valence-corrected chi connectivity index (χ3v) is 6.02. The number of amides is 2. The number of nitrogens with one attached hydrogen (secondary N) is 1. The summed E-state index contributed by atoms with van der Waals surface area (Å²) >= 11 is 1.66. The molecule has 0 saturated carbocycles. The minimum absolute atomic E-state index is 0.0170. The van der Waals surface area contributed by atoms with Gasteiger partial charge in [-0.05, 0) is 37.5 Å². The summed E-state index contributed by atoms with van der Waals surface area (Å²) in [5.74, 6) is 0.869. The highest BCUT2D eigenvalue weighted by molar-refractivity contribution is 7.09. The van der Waals surface area contributed by atoms with Crippen molar-refractivity contribution in [3.63, 3.8) is 0 Å². The zero-order valence-corrected chi connectivity index (χ0v) is 17.4. The van der Waals surface area contributed by atoms with Crippen LogP contribution in [-0.2, 0) is 12.0 Å². The van der Waals surface area contributed by atoms with Crippen LogP contribution in [-0.4, -0.2) is 29.1 Å². The first-order chi connectivity index (χ1) is 12.9. The fraction of sp³-hybridized carbons (Fsp3) is 0.524. The molecular formula is C21H29N3O2S. The highest BCUT2D eigenvalue weighted by atomic mass is 32.1. The molecule has 2 heterocycles. The van der Waals surface area contributed by atoms with Crippen LogP contribution in [0.25, 0.3) is 0 Å². The summed E-state index contributed by atoms with van der Waals surface area (Å²) in [5.41, 5.74) is 2.13. The van der Waals surface area contributed by atoms with Crippen molar-refractivity contribution in [2.45, 2.75) is 58.5 Å². The average molecular weight is 388 g/mol. The van der Waals surface area contributed by atoms with E-state index in [1.165, 1.54) is 0 Å². The number of likely N-dealkylation sites (tertiary alicyclic amines) is 1. The Balaban J connectivity index is 1.61. The molecule has 1 aromatic carbocycles. The van der Waals surface area contributed by atoms with E-state index < -0.39 is 0 Å². The summed E-state index contributed by atoms with van der Waals surface area (Å²) in [6.07, 6.45) is 2.02. The predicted octanol–water partition coefficient (Wildman–Crippen LogP) is 4.89. The van der Waals surface area contributed by atoms with E-state index in [1.54, 1.807) is 11.3 Å². The normalized spacial score (nSPS) is 17.2. The van der Waals surface area contributed by atoms with E-state index in [0.29, 0.717) is 13.2 Å². The lowest BCUT2D eigenvalue weighted by molar-refractivity contribution is 0.192. The van der Waals surface area contributed by atoms with Crippen LogP contribution in [0.15, 0.2) is 29.6 Å². The van der Waals surface area contributed by atoms with E-state index in [0.717, 1.165) is 41.4 Å². The lowest BCUT2D eigenvalue weighted by Crippen LogP contribution is -2.39. The van der Waals surface area contributed by atoms with Crippen LogP contribution in [0, 0.1) is 0 Å².